The summed E-state index contributed by atoms with van der Waals surface area (Å²) in [5.74, 6) is -0.802. The maximum Gasteiger partial charge on any atom is 0.235 e. The van der Waals surface area contributed by atoms with Gasteiger partial charge in [-0.05, 0) is 44.0 Å². The Bertz CT molecular complexity index is 822. The summed E-state index contributed by atoms with van der Waals surface area (Å²) in [4.78, 5) is 23.6. The Hall–Kier alpha value is -2.41. The summed E-state index contributed by atoms with van der Waals surface area (Å²) in [6.45, 7) is 2.07. The zero-order valence-electron chi connectivity index (χ0n) is 14.3. The number of amides is 2. The van der Waals surface area contributed by atoms with Crippen LogP contribution in [0.25, 0.3) is 10.9 Å². The highest BCUT2D eigenvalue weighted by Crippen LogP contribution is 2.31. The van der Waals surface area contributed by atoms with Gasteiger partial charge in [-0.25, -0.2) is 0 Å². The molecule has 4 rings (SSSR count). The minimum absolute atomic E-state index is 0.200. The molecule has 0 spiro atoms. The molecule has 3 heterocycles. The first kappa shape index (κ1) is 16.1. The number of aromatic nitrogens is 2. The number of aryl methyl sites for hydroxylation is 1. The lowest BCUT2D eigenvalue weighted by atomic mass is 9.93. The molecule has 2 aromatic rings. The van der Waals surface area contributed by atoms with Crippen molar-refractivity contribution in [3.05, 3.63) is 23.9 Å². The maximum absolute atomic E-state index is 12.2. The molecular formula is C18H23N5O2. The van der Waals surface area contributed by atoms with Gasteiger partial charge in [0.15, 0.2) is 0 Å². The molecule has 0 aliphatic carbocycles. The molecule has 1 aromatic heterocycles. The van der Waals surface area contributed by atoms with Crippen molar-refractivity contribution in [2.24, 2.45) is 7.05 Å². The van der Waals surface area contributed by atoms with Crippen molar-refractivity contribution in [3.8, 4) is 0 Å². The number of rotatable bonds is 3. The smallest absolute Gasteiger partial charge is 0.235 e. The first-order valence-electron chi connectivity index (χ1n) is 8.89. The third-order valence-corrected chi connectivity index (χ3v) is 5.12. The molecule has 132 valence electrons. The molecule has 2 amide bonds. The number of hydrogen-bond acceptors (Lipinski definition) is 5. The van der Waals surface area contributed by atoms with E-state index in [0.29, 0.717) is 18.9 Å². The van der Waals surface area contributed by atoms with Gasteiger partial charge in [0, 0.05) is 37.1 Å². The topological polar surface area (TPSA) is 88.0 Å². The Kier molecular flexibility index (Phi) is 4.17. The summed E-state index contributed by atoms with van der Waals surface area (Å²) in [7, 11) is 1.89. The van der Waals surface area contributed by atoms with Gasteiger partial charge < -0.3 is 10.6 Å². The van der Waals surface area contributed by atoms with E-state index < -0.39 is 0 Å². The molecule has 7 heteroatoms. The quantitative estimate of drug-likeness (QED) is 0.732. The molecule has 7 nitrogen and oxygen atoms in total. The Morgan fingerprint density at radius 3 is 2.92 bits per heavy atom. The second kappa shape index (κ2) is 6.48. The first-order valence-corrected chi connectivity index (χ1v) is 8.89. The van der Waals surface area contributed by atoms with Gasteiger partial charge in [-0.1, -0.05) is 0 Å². The van der Waals surface area contributed by atoms with E-state index in [1.807, 2.05) is 23.9 Å². The number of carbonyl (C=O) groups is 2. The number of benzene rings is 1. The molecule has 1 unspecified atom stereocenters. The lowest BCUT2D eigenvalue weighted by Gasteiger charge is -2.24. The molecule has 2 aliphatic rings. The highest BCUT2D eigenvalue weighted by molar-refractivity contribution is 6.02. The monoisotopic (exact) mass is 341 g/mol. The second-order valence-corrected chi connectivity index (χ2v) is 6.93. The Labute approximate surface area is 146 Å². The maximum atomic E-state index is 12.2. The van der Waals surface area contributed by atoms with Crippen LogP contribution in [0.3, 0.4) is 0 Å². The van der Waals surface area contributed by atoms with Gasteiger partial charge in [-0.15, -0.1) is 0 Å². The number of fused-ring (bicyclic) bond motifs is 1. The molecule has 2 fully saturated rings. The highest BCUT2D eigenvalue weighted by atomic mass is 16.2. The van der Waals surface area contributed by atoms with Crippen LogP contribution in [0.15, 0.2) is 18.2 Å². The molecule has 2 atom stereocenters. The number of anilines is 1. The Morgan fingerprint density at radius 2 is 2.16 bits per heavy atom. The van der Waals surface area contributed by atoms with Crippen LogP contribution < -0.4 is 16.0 Å². The van der Waals surface area contributed by atoms with E-state index in [4.69, 9.17) is 0 Å². The summed E-state index contributed by atoms with van der Waals surface area (Å²) in [5, 5.41) is 15.0. The zero-order chi connectivity index (χ0) is 17.4. The van der Waals surface area contributed by atoms with Crippen molar-refractivity contribution >= 4 is 28.4 Å². The first-order chi connectivity index (χ1) is 12.1. The third kappa shape index (κ3) is 3.11. The fourth-order valence-corrected chi connectivity index (χ4v) is 3.80. The number of hydrogen-bond donors (Lipinski definition) is 3. The average Bonchev–Trinajstić information content (AvgIpc) is 2.92. The van der Waals surface area contributed by atoms with Crippen LogP contribution >= 0.6 is 0 Å². The van der Waals surface area contributed by atoms with Crippen LogP contribution in [-0.4, -0.2) is 40.7 Å². The van der Waals surface area contributed by atoms with Gasteiger partial charge in [0.25, 0.3) is 0 Å². The zero-order valence-corrected chi connectivity index (χ0v) is 14.3. The molecular weight excluding hydrogens is 318 g/mol. The van der Waals surface area contributed by atoms with Crippen molar-refractivity contribution in [2.45, 2.75) is 37.6 Å². The van der Waals surface area contributed by atoms with Crippen LogP contribution in [0.5, 0.6) is 0 Å². The van der Waals surface area contributed by atoms with Gasteiger partial charge in [-0.2, -0.15) is 5.10 Å². The number of piperidine rings is 2. The molecule has 25 heavy (non-hydrogen) atoms. The van der Waals surface area contributed by atoms with Crippen molar-refractivity contribution in [3.63, 3.8) is 0 Å². The summed E-state index contributed by atoms with van der Waals surface area (Å²) >= 11 is 0. The molecule has 2 aliphatic heterocycles. The second-order valence-electron chi connectivity index (χ2n) is 6.93. The lowest BCUT2D eigenvalue weighted by Crippen LogP contribution is -2.39. The van der Waals surface area contributed by atoms with E-state index in [1.54, 1.807) is 0 Å². The standard InChI is InChI=1S/C18H23N5O2/c1-23-15-9-11(20-12-3-2-8-19-10-12)4-5-13(15)17(22-23)14-6-7-16(24)21-18(14)25/h4-5,9,12,14,19-20H,2-3,6-8,10H2,1H3,(H,21,24,25)/t12-,14?/m1/s1. The lowest BCUT2D eigenvalue weighted by molar-refractivity contribution is -0.134. The van der Waals surface area contributed by atoms with E-state index in [1.165, 1.54) is 6.42 Å². The molecule has 1 aromatic carbocycles. The van der Waals surface area contributed by atoms with Crippen LogP contribution in [0.1, 0.15) is 37.3 Å². The predicted octanol–water partition coefficient (Wildman–Crippen LogP) is 1.26. The third-order valence-electron chi connectivity index (χ3n) is 5.12. The van der Waals surface area contributed by atoms with Crippen molar-refractivity contribution in [2.75, 3.05) is 18.4 Å². The number of carbonyl (C=O) groups excluding carboxylic acids is 2. The summed E-state index contributed by atoms with van der Waals surface area (Å²) in [6, 6.07) is 6.61. The summed E-state index contributed by atoms with van der Waals surface area (Å²) in [5.41, 5.74) is 2.82. The molecule has 2 saturated heterocycles. The van der Waals surface area contributed by atoms with Gasteiger partial charge in [0.05, 0.1) is 17.1 Å². The molecule has 0 saturated carbocycles. The largest absolute Gasteiger partial charge is 0.381 e. The Morgan fingerprint density at radius 1 is 1.28 bits per heavy atom. The van der Waals surface area contributed by atoms with Crippen LogP contribution in [-0.2, 0) is 16.6 Å². The highest BCUT2D eigenvalue weighted by Gasteiger charge is 2.31. The van der Waals surface area contributed by atoms with E-state index in [-0.39, 0.29) is 17.7 Å². The molecule has 0 bridgehead atoms. The minimum Gasteiger partial charge on any atom is -0.381 e. The van der Waals surface area contributed by atoms with Gasteiger partial charge in [-0.3, -0.25) is 19.6 Å². The normalized spacial score (nSPS) is 24.4. The average molecular weight is 341 g/mol. The van der Waals surface area contributed by atoms with E-state index in [0.717, 1.165) is 41.8 Å². The van der Waals surface area contributed by atoms with Crippen molar-refractivity contribution < 1.29 is 9.59 Å². The van der Waals surface area contributed by atoms with Crippen LogP contribution in [0.2, 0.25) is 0 Å². The van der Waals surface area contributed by atoms with Gasteiger partial charge in [0.2, 0.25) is 11.8 Å². The van der Waals surface area contributed by atoms with E-state index in [2.05, 4.69) is 27.1 Å². The fraction of sp³-hybridized carbons (Fsp3) is 0.500. The van der Waals surface area contributed by atoms with Crippen molar-refractivity contribution in [1.82, 2.24) is 20.4 Å². The van der Waals surface area contributed by atoms with Gasteiger partial charge >= 0.3 is 0 Å². The summed E-state index contributed by atoms with van der Waals surface area (Å²) in [6.07, 6.45) is 3.23. The molecule has 0 radical (unpaired) electrons. The molecule has 3 N–H and O–H groups in total. The fourth-order valence-electron chi connectivity index (χ4n) is 3.80. The van der Waals surface area contributed by atoms with Crippen LogP contribution in [0, 0.1) is 0 Å². The summed E-state index contributed by atoms with van der Waals surface area (Å²) < 4.78 is 1.82. The predicted molar refractivity (Wildman–Crippen MR) is 95.4 cm³/mol. The minimum atomic E-state index is -0.359. The van der Waals surface area contributed by atoms with Crippen LogP contribution in [0.4, 0.5) is 5.69 Å². The van der Waals surface area contributed by atoms with Crippen molar-refractivity contribution in [1.29, 1.82) is 0 Å². The Balaban J connectivity index is 1.62. The SMILES string of the molecule is Cn1nc(C2CCC(=O)NC2=O)c2ccc(N[C@@H]3CCCNC3)cc21. The van der Waals surface area contributed by atoms with Gasteiger partial charge in [0.1, 0.15) is 0 Å². The number of imide groups is 1. The number of nitrogens with one attached hydrogen (secondary N) is 3. The van der Waals surface area contributed by atoms with E-state index in [9.17, 15) is 9.59 Å². The van der Waals surface area contributed by atoms with E-state index >= 15 is 0 Å². The number of nitrogens with zero attached hydrogens (tertiary/aromatic N) is 2.